The highest BCUT2D eigenvalue weighted by Gasteiger charge is 2.30. The van der Waals surface area contributed by atoms with Gasteiger partial charge in [0.25, 0.3) is 0 Å². The van der Waals surface area contributed by atoms with E-state index in [-0.39, 0.29) is 17.7 Å². The molecule has 2 N–H and O–H groups in total. The molecule has 2 aliphatic heterocycles. The maximum Gasteiger partial charge on any atom is 0.171 e. The second-order valence-corrected chi connectivity index (χ2v) is 6.61. The van der Waals surface area contributed by atoms with Crippen LogP contribution in [0.2, 0.25) is 0 Å². The van der Waals surface area contributed by atoms with Gasteiger partial charge in [0.15, 0.2) is 5.11 Å². The summed E-state index contributed by atoms with van der Waals surface area (Å²) < 4.78 is 32.2. The number of nitrogens with one attached hydrogen (secondary N) is 2. The van der Waals surface area contributed by atoms with Gasteiger partial charge in [-0.2, -0.15) is 0 Å². The molecule has 2 heterocycles. The van der Waals surface area contributed by atoms with E-state index in [1.165, 1.54) is 24.3 Å². The molecule has 0 amide bonds. The second kappa shape index (κ2) is 6.97. The minimum Gasteiger partial charge on any atom is -0.372 e. The minimum absolute atomic E-state index is 0.184. The Hall–Kier alpha value is -2.57. The lowest BCUT2D eigenvalue weighted by Gasteiger charge is -2.35. The Labute approximate surface area is 155 Å². The number of ether oxygens (including phenoxy) is 1. The monoisotopic (exact) mass is 370 g/mol. The third-order valence-electron chi connectivity index (χ3n) is 4.43. The zero-order chi connectivity index (χ0) is 18.1. The van der Waals surface area contributed by atoms with Crippen LogP contribution in [0.15, 0.2) is 65.4 Å². The first-order valence-electron chi connectivity index (χ1n) is 8.20. The van der Waals surface area contributed by atoms with Gasteiger partial charge in [0.1, 0.15) is 11.6 Å². The number of benzene rings is 2. The molecule has 0 fully saturated rings. The molecule has 0 saturated heterocycles. The van der Waals surface area contributed by atoms with Gasteiger partial charge in [0.05, 0.1) is 19.3 Å². The van der Waals surface area contributed by atoms with E-state index in [4.69, 9.17) is 17.0 Å². The topological polar surface area (TPSA) is 33.3 Å². The van der Waals surface area contributed by atoms with Gasteiger partial charge < -0.3 is 15.4 Å². The van der Waals surface area contributed by atoms with E-state index in [1.54, 1.807) is 24.3 Å². The van der Waals surface area contributed by atoms with Crippen LogP contribution in [0.3, 0.4) is 0 Å². The van der Waals surface area contributed by atoms with Gasteiger partial charge in [-0.05, 0) is 53.7 Å². The van der Waals surface area contributed by atoms with Crippen LogP contribution in [0.4, 0.5) is 8.78 Å². The molecule has 0 bridgehead atoms. The van der Waals surface area contributed by atoms with Gasteiger partial charge in [0.2, 0.25) is 0 Å². The zero-order valence-corrected chi connectivity index (χ0v) is 14.6. The number of halogens is 2. The second-order valence-electron chi connectivity index (χ2n) is 6.20. The fourth-order valence-electron chi connectivity index (χ4n) is 3.19. The van der Waals surface area contributed by atoms with Crippen LogP contribution < -0.4 is 10.6 Å². The lowest BCUT2D eigenvalue weighted by atomic mass is 9.91. The van der Waals surface area contributed by atoms with Crippen molar-refractivity contribution in [2.45, 2.75) is 6.04 Å². The Morgan fingerprint density at radius 2 is 1.62 bits per heavy atom. The van der Waals surface area contributed by atoms with E-state index in [2.05, 4.69) is 10.6 Å². The molecule has 0 radical (unpaired) electrons. The summed E-state index contributed by atoms with van der Waals surface area (Å²) in [6.07, 6.45) is 1.95. The van der Waals surface area contributed by atoms with Gasteiger partial charge in [-0.1, -0.05) is 24.3 Å². The van der Waals surface area contributed by atoms with Crippen LogP contribution in [-0.2, 0) is 4.74 Å². The van der Waals surface area contributed by atoms with E-state index in [9.17, 15) is 8.78 Å². The quantitative estimate of drug-likeness (QED) is 0.787. The van der Waals surface area contributed by atoms with E-state index in [0.29, 0.717) is 18.3 Å². The molecule has 1 unspecified atom stereocenters. The number of rotatable bonds is 2. The molecule has 26 heavy (non-hydrogen) atoms. The largest absolute Gasteiger partial charge is 0.372 e. The van der Waals surface area contributed by atoms with Crippen LogP contribution in [0.5, 0.6) is 0 Å². The van der Waals surface area contributed by atoms with Crippen molar-refractivity contribution >= 4 is 23.4 Å². The Balaban J connectivity index is 1.75. The highest BCUT2D eigenvalue weighted by atomic mass is 32.1. The fourth-order valence-corrected chi connectivity index (χ4v) is 3.41. The summed E-state index contributed by atoms with van der Waals surface area (Å²) in [6.45, 7) is 0.878. The van der Waals surface area contributed by atoms with Gasteiger partial charge in [-0.25, -0.2) is 8.78 Å². The van der Waals surface area contributed by atoms with E-state index in [1.807, 2.05) is 6.08 Å². The first kappa shape index (κ1) is 16.9. The lowest BCUT2D eigenvalue weighted by molar-refractivity contribution is 0.164. The van der Waals surface area contributed by atoms with E-state index in [0.717, 1.165) is 28.0 Å². The molecule has 6 heteroatoms. The molecule has 2 aromatic rings. The normalized spacial score (nSPS) is 21.2. The van der Waals surface area contributed by atoms with Gasteiger partial charge in [-0.15, -0.1) is 0 Å². The third-order valence-corrected chi connectivity index (χ3v) is 4.65. The standard InChI is InChI=1S/C20H16F2N2OS/c21-15-5-1-12(2-6-15)9-14-10-25-11-17-18(23-20(26)24-19(14)17)13-3-7-16(22)8-4-13/h1-9,18H,10-11H2,(H2,23,24,26)/b14-9-. The van der Waals surface area contributed by atoms with Crippen molar-refractivity contribution in [2.75, 3.05) is 13.2 Å². The molecule has 4 rings (SSSR count). The van der Waals surface area contributed by atoms with Crippen molar-refractivity contribution in [3.05, 3.63) is 88.1 Å². The van der Waals surface area contributed by atoms with Crippen LogP contribution in [0.1, 0.15) is 17.2 Å². The fraction of sp³-hybridized carbons (Fsp3) is 0.150. The van der Waals surface area contributed by atoms with Crippen molar-refractivity contribution in [2.24, 2.45) is 0 Å². The first-order chi connectivity index (χ1) is 12.6. The van der Waals surface area contributed by atoms with Crippen LogP contribution in [0.25, 0.3) is 6.08 Å². The highest BCUT2D eigenvalue weighted by Crippen LogP contribution is 2.33. The number of hydrogen-bond donors (Lipinski definition) is 2. The molecule has 132 valence electrons. The van der Waals surface area contributed by atoms with E-state index >= 15 is 0 Å². The average Bonchev–Trinajstić information content (AvgIpc) is 2.64. The molecular weight excluding hydrogens is 354 g/mol. The Morgan fingerprint density at radius 3 is 2.31 bits per heavy atom. The Morgan fingerprint density at radius 1 is 0.962 bits per heavy atom. The molecular formula is C20H16F2N2OS. The number of hydrogen-bond acceptors (Lipinski definition) is 2. The lowest BCUT2D eigenvalue weighted by Crippen LogP contribution is -2.46. The predicted octanol–water partition coefficient (Wildman–Crippen LogP) is 3.85. The highest BCUT2D eigenvalue weighted by molar-refractivity contribution is 7.80. The summed E-state index contributed by atoms with van der Waals surface area (Å²) in [5, 5.41) is 6.95. The van der Waals surface area contributed by atoms with Gasteiger partial charge >= 0.3 is 0 Å². The van der Waals surface area contributed by atoms with Crippen LogP contribution >= 0.6 is 12.2 Å². The van der Waals surface area contributed by atoms with Gasteiger partial charge in [-0.3, -0.25) is 0 Å². The molecule has 0 aromatic heterocycles. The van der Waals surface area contributed by atoms with Crippen molar-refractivity contribution < 1.29 is 13.5 Å². The maximum absolute atomic E-state index is 13.3. The average molecular weight is 370 g/mol. The first-order valence-corrected chi connectivity index (χ1v) is 8.61. The smallest absolute Gasteiger partial charge is 0.171 e. The Kier molecular flexibility index (Phi) is 4.53. The molecule has 0 aliphatic carbocycles. The summed E-state index contributed by atoms with van der Waals surface area (Å²) in [5.41, 5.74) is 4.65. The molecule has 0 spiro atoms. The summed E-state index contributed by atoms with van der Waals surface area (Å²) >= 11 is 5.36. The number of thiocarbonyl (C=S) groups is 1. The molecule has 0 saturated carbocycles. The molecule has 2 aromatic carbocycles. The SMILES string of the molecule is Fc1ccc(/C=C2/COCC3=C2NC(=S)NC3c2ccc(F)cc2)cc1. The van der Waals surface area contributed by atoms with Gasteiger partial charge in [0, 0.05) is 16.8 Å². The molecule has 3 nitrogen and oxygen atoms in total. The molecule has 2 aliphatic rings. The van der Waals surface area contributed by atoms with Crippen molar-refractivity contribution in [1.29, 1.82) is 0 Å². The van der Waals surface area contributed by atoms with Crippen molar-refractivity contribution in [3.63, 3.8) is 0 Å². The van der Waals surface area contributed by atoms with E-state index < -0.39 is 0 Å². The predicted molar refractivity (Wildman–Crippen MR) is 100 cm³/mol. The summed E-state index contributed by atoms with van der Waals surface area (Å²) in [6, 6.07) is 12.4. The zero-order valence-electron chi connectivity index (χ0n) is 13.8. The van der Waals surface area contributed by atoms with Crippen molar-refractivity contribution in [1.82, 2.24) is 10.6 Å². The molecule has 1 atom stereocenters. The minimum atomic E-state index is -0.281. The summed E-state index contributed by atoms with van der Waals surface area (Å²) in [5.74, 6) is -0.555. The summed E-state index contributed by atoms with van der Waals surface area (Å²) in [7, 11) is 0. The van der Waals surface area contributed by atoms with Crippen LogP contribution in [0, 0.1) is 11.6 Å². The Bertz CT molecular complexity index is 904. The summed E-state index contributed by atoms with van der Waals surface area (Å²) in [4.78, 5) is 0. The maximum atomic E-state index is 13.3. The third kappa shape index (κ3) is 3.38. The van der Waals surface area contributed by atoms with Crippen molar-refractivity contribution in [3.8, 4) is 0 Å². The van der Waals surface area contributed by atoms with Crippen LogP contribution in [-0.4, -0.2) is 18.3 Å².